The molecule has 0 amide bonds. The summed E-state index contributed by atoms with van der Waals surface area (Å²) in [6.45, 7) is 0. The largest absolute Gasteiger partial charge is 0.390 e. The van der Waals surface area contributed by atoms with Gasteiger partial charge in [0.05, 0.1) is 17.5 Å². The van der Waals surface area contributed by atoms with Gasteiger partial charge in [0.1, 0.15) is 17.6 Å². The zero-order valence-electron chi connectivity index (χ0n) is 13.0. The lowest BCUT2D eigenvalue weighted by Crippen LogP contribution is -2.29. The fraction of sp³-hybridized carbons (Fsp3) is 0.312. The minimum Gasteiger partial charge on any atom is -0.390 e. The van der Waals surface area contributed by atoms with Crippen molar-refractivity contribution < 1.29 is 10.2 Å². The van der Waals surface area contributed by atoms with E-state index in [-0.39, 0.29) is 22.6 Å². The fourth-order valence-corrected chi connectivity index (χ4v) is 3.78. The number of pyridine rings is 1. The van der Waals surface area contributed by atoms with Gasteiger partial charge in [0, 0.05) is 24.4 Å². The summed E-state index contributed by atoms with van der Waals surface area (Å²) < 4.78 is 1.75. The third-order valence-electron chi connectivity index (χ3n) is 4.81. The first-order chi connectivity index (χ1) is 12.0. The molecule has 1 fully saturated rings. The number of nitrogens with two attached hydrogens (primary N) is 1. The minimum absolute atomic E-state index is 0.0177. The van der Waals surface area contributed by atoms with Crippen LogP contribution in [-0.4, -0.2) is 41.9 Å². The number of nitrogens with one attached hydrogen (secondary N) is 1. The Morgan fingerprint density at radius 1 is 1.28 bits per heavy atom. The molecule has 1 saturated carbocycles. The van der Waals surface area contributed by atoms with Crippen LogP contribution >= 0.6 is 11.6 Å². The van der Waals surface area contributed by atoms with Crippen molar-refractivity contribution in [3.05, 3.63) is 51.8 Å². The zero-order chi connectivity index (χ0) is 17.7. The SMILES string of the molecule is Nc1nc(Cl)nc2c1ccn2[C@@H]1C[C@H](c2cc[nH]c(=O)c2)[C@@H](O)[C@H]1O. The van der Waals surface area contributed by atoms with E-state index >= 15 is 0 Å². The Kier molecular flexibility index (Phi) is 3.75. The molecule has 9 heteroatoms. The average molecular weight is 362 g/mol. The molecule has 0 bridgehead atoms. The van der Waals surface area contributed by atoms with Gasteiger partial charge in [0.2, 0.25) is 10.8 Å². The summed E-state index contributed by atoms with van der Waals surface area (Å²) in [6, 6.07) is 4.49. The smallest absolute Gasteiger partial charge is 0.248 e. The summed E-state index contributed by atoms with van der Waals surface area (Å²) in [5, 5.41) is 21.7. The van der Waals surface area contributed by atoms with Crippen LogP contribution in [0, 0.1) is 0 Å². The highest BCUT2D eigenvalue weighted by atomic mass is 35.5. The van der Waals surface area contributed by atoms with Gasteiger partial charge in [-0.15, -0.1) is 0 Å². The topological polar surface area (TPSA) is 130 Å². The normalized spacial score (nSPS) is 26.4. The number of aliphatic hydroxyl groups excluding tert-OH is 2. The van der Waals surface area contributed by atoms with E-state index < -0.39 is 18.2 Å². The number of anilines is 1. The third-order valence-corrected chi connectivity index (χ3v) is 4.98. The number of fused-ring (bicyclic) bond motifs is 1. The highest BCUT2D eigenvalue weighted by Gasteiger charge is 2.43. The summed E-state index contributed by atoms with van der Waals surface area (Å²) >= 11 is 5.90. The van der Waals surface area contributed by atoms with Gasteiger partial charge in [0.25, 0.3) is 0 Å². The van der Waals surface area contributed by atoms with Gasteiger partial charge in [-0.05, 0) is 35.7 Å². The standard InChI is InChI=1S/C16H16ClN5O3/c17-16-20-14(18)8-2-4-22(15(8)21-16)10-6-9(12(24)13(10)25)7-1-3-19-11(23)5-7/h1-5,9-10,12-13,24-25H,6H2,(H,19,23)(H2,18,20,21)/t9-,10-,12-,13+/m1/s1. The van der Waals surface area contributed by atoms with Crippen LogP contribution in [0.3, 0.4) is 0 Å². The molecule has 3 heterocycles. The minimum atomic E-state index is -1.02. The number of hydrogen-bond acceptors (Lipinski definition) is 6. The second-order valence-electron chi connectivity index (χ2n) is 6.22. The Hall–Kier alpha value is -2.42. The molecule has 8 nitrogen and oxygen atoms in total. The van der Waals surface area contributed by atoms with E-state index in [1.54, 1.807) is 22.9 Å². The Morgan fingerprint density at radius 3 is 2.84 bits per heavy atom. The zero-order valence-corrected chi connectivity index (χ0v) is 13.8. The van der Waals surface area contributed by atoms with Crippen molar-refractivity contribution in [1.29, 1.82) is 0 Å². The number of aromatic amines is 1. The molecule has 5 N–H and O–H groups in total. The van der Waals surface area contributed by atoms with Crippen molar-refractivity contribution in [1.82, 2.24) is 19.5 Å². The van der Waals surface area contributed by atoms with E-state index in [9.17, 15) is 15.0 Å². The predicted octanol–water partition coefficient (Wildman–Crippen LogP) is 0.806. The molecule has 0 aliphatic heterocycles. The van der Waals surface area contributed by atoms with Gasteiger partial charge in [-0.2, -0.15) is 4.98 Å². The van der Waals surface area contributed by atoms with E-state index in [0.717, 1.165) is 0 Å². The van der Waals surface area contributed by atoms with E-state index in [1.165, 1.54) is 12.3 Å². The van der Waals surface area contributed by atoms with Gasteiger partial charge in [-0.1, -0.05) is 0 Å². The van der Waals surface area contributed by atoms with Crippen LogP contribution in [0.25, 0.3) is 11.0 Å². The quantitative estimate of drug-likeness (QED) is 0.500. The predicted molar refractivity (Wildman–Crippen MR) is 92.4 cm³/mol. The molecule has 1 aliphatic carbocycles. The molecule has 0 saturated heterocycles. The first kappa shape index (κ1) is 16.1. The van der Waals surface area contributed by atoms with Crippen LogP contribution in [0.2, 0.25) is 5.28 Å². The Labute approximate surface area is 146 Å². The second kappa shape index (κ2) is 5.83. The molecule has 3 aromatic rings. The molecule has 1 aliphatic rings. The Bertz CT molecular complexity index is 1000. The van der Waals surface area contributed by atoms with Crippen LogP contribution in [0.5, 0.6) is 0 Å². The van der Waals surface area contributed by atoms with Crippen molar-refractivity contribution in [2.75, 3.05) is 5.73 Å². The highest BCUT2D eigenvalue weighted by molar-refractivity contribution is 6.28. The van der Waals surface area contributed by atoms with Crippen LogP contribution in [0.15, 0.2) is 35.4 Å². The number of nitrogen functional groups attached to an aromatic ring is 1. The molecule has 25 heavy (non-hydrogen) atoms. The number of aromatic nitrogens is 4. The van der Waals surface area contributed by atoms with Crippen molar-refractivity contribution in [3.63, 3.8) is 0 Å². The van der Waals surface area contributed by atoms with Crippen LogP contribution in [-0.2, 0) is 0 Å². The summed E-state index contributed by atoms with van der Waals surface area (Å²) in [7, 11) is 0. The Morgan fingerprint density at radius 2 is 2.08 bits per heavy atom. The summed E-state index contributed by atoms with van der Waals surface area (Å²) in [6.07, 6.45) is 1.70. The molecule has 3 aromatic heterocycles. The lowest BCUT2D eigenvalue weighted by atomic mass is 9.96. The molecule has 4 rings (SSSR count). The molecule has 130 valence electrons. The van der Waals surface area contributed by atoms with E-state index in [4.69, 9.17) is 17.3 Å². The third kappa shape index (κ3) is 2.58. The first-order valence-corrected chi connectivity index (χ1v) is 8.18. The summed E-state index contributed by atoms with van der Waals surface area (Å²) in [5.41, 5.74) is 6.80. The Balaban J connectivity index is 1.76. The lowest BCUT2D eigenvalue weighted by Gasteiger charge is -2.19. The van der Waals surface area contributed by atoms with Crippen LogP contribution in [0.1, 0.15) is 23.9 Å². The van der Waals surface area contributed by atoms with E-state index in [1.807, 2.05) is 0 Å². The van der Waals surface area contributed by atoms with Crippen molar-refractivity contribution in [3.8, 4) is 0 Å². The number of hydrogen-bond donors (Lipinski definition) is 4. The summed E-state index contributed by atoms with van der Waals surface area (Å²) in [5.74, 6) is -0.109. The molecule has 0 spiro atoms. The van der Waals surface area contributed by atoms with Gasteiger partial charge in [-0.25, -0.2) is 4.98 Å². The maximum Gasteiger partial charge on any atom is 0.248 e. The number of aliphatic hydroxyl groups is 2. The summed E-state index contributed by atoms with van der Waals surface area (Å²) in [4.78, 5) is 22.2. The van der Waals surface area contributed by atoms with Gasteiger partial charge in [-0.3, -0.25) is 4.79 Å². The molecule has 0 aromatic carbocycles. The van der Waals surface area contributed by atoms with Crippen molar-refractivity contribution in [2.45, 2.75) is 30.6 Å². The molecule has 0 unspecified atom stereocenters. The van der Waals surface area contributed by atoms with Crippen molar-refractivity contribution in [2.24, 2.45) is 0 Å². The maximum atomic E-state index is 11.5. The van der Waals surface area contributed by atoms with Gasteiger partial charge in [0.15, 0.2) is 0 Å². The number of H-pyrrole nitrogens is 1. The molecule has 4 atom stereocenters. The van der Waals surface area contributed by atoms with Crippen LogP contribution in [0.4, 0.5) is 5.82 Å². The van der Waals surface area contributed by atoms with E-state index in [2.05, 4.69) is 15.0 Å². The van der Waals surface area contributed by atoms with E-state index in [0.29, 0.717) is 23.0 Å². The highest BCUT2D eigenvalue weighted by Crippen LogP contribution is 2.42. The lowest BCUT2D eigenvalue weighted by molar-refractivity contribution is 0.0179. The van der Waals surface area contributed by atoms with Gasteiger partial charge >= 0.3 is 0 Å². The second-order valence-corrected chi connectivity index (χ2v) is 6.55. The molecular weight excluding hydrogens is 346 g/mol. The van der Waals surface area contributed by atoms with Crippen molar-refractivity contribution >= 4 is 28.5 Å². The van der Waals surface area contributed by atoms with Crippen LogP contribution < -0.4 is 11.3 Å². The molecule has 0 radical (unpaired) electrons. The number of halogens is 1. The monoisotopic (exact) mass is 361 g/mol. The van der Waals surface area contributed by atoms with Gasteiger partial charge < -0.3 is 25.5 Å². The fourth-order valence-electron chi connectivity index (χ4n) is 3.60. The number of nitrogens with zero attached hydrogens (tertiary/aromatic N) is 3. The average Bonchev–Trinajstić information content (AvgIpc) is 3.10. The maximum absolute atomic E-state index is 11.5. The first-order valence-electron chi connectivity index (χ1n) is 7.80. The number of rotatable bonds is 2. The molecular formula is C16H16ClN5O3.